The molecule has 5 rings (SSSR count). The summed E-state index contributed by atoms with van der Waals surface area (Å²) in [5.74, 6) is 1.08. The van der Waals surface area contributed by atoms with Crippen LogP contribution in [0.1, 0.15) is 44.1 Å². The Balaban J connectivity index is 1.46. The summed E-state index contributed by atoms with van der Waals surface area (Å²) in [4.78, 5) is 26.7. The monoisotopic (exact) mass is 496 g/mol. The third-order valence-corrected chi connectivity index (χ3v) is 6.56. The number of hydrogen-bond acceptors (Lipinski definition) is 5. The lowest BCUT2D eigenvalue weighted by atomic mass is 10.0. The Bertz CT molecular complexity index is 1270. The first kappa shape index (κ1) is 24.2. The molecule has 1 saturated heterocycles. The van der Waals surface area contributed by atoms with Gasteiger partial charge in [0.1, 0.15) is 11.6 Å². The van der Waals surface area contributed by atoms with Crippen molar-refractivity contribution in [2.24, 2.45) is 0 Å². The molecule has 0 atom stereocenters. The van der Waals surface area contributed by atoms with E-state index >= 15 is 0 Å². The number of aryl methyl sites for hydroxylation is 1. The zero-order chi connectivity index (χ0) is 25.3. The number of carbonyl (C=O) groups excluding carboxylic acids is 1. The maximum Gasteiger partial charge on any atom is 0.416 e. The summed E-state index contributed by atoms with van der Waals surface area (Å²) in [7, 11) is 0. The molecule has 9 heteroatoms. The lowest BCUT2D eigenvalue weighted by Crippen LogP contribution is -2.41. The fourth-order valence-corrected chi connectivity index (χ4v) is 4.75. The second-order valence-corrected chi connectivity index (χ2v) is 9.21. The van der Waals surface area contributed by atoms with Crippen LogP contribution in [0, 0.1) is 6.92 Å². The second-order valence-electron chi connectivity index (χ2n) is 9.21. The Labute approximate surface area is 207 Å². The van der Waals surface area contributed by atoms with E-state index in [2.05, 4.69) is 17.0 Å². The predicted octanol–water partition coefficient (Wildman–Crippen LogP) is 4.43. The van der Waals surface area contributed by atoms with Crippen molar-refractivity contribution in [3.63, 3.8) is 0 Å². The first-order valence-corrected chi connectivity index (χ1v) is 12.0. The van der Waals surface area contributed by atoms with E-state index in [1.165, 1.54) is 17.7 Å². The van der Waals surface area contributed by atoms with E-state index in [1.54, 1.807) is 4.90 Å². The van der Waals surface area contributed by atoms with Gasteiger partial charge in [0.15, 0.2) is 0 Å². The summed E-state index contributed by atoms with van der Waals surface area (Å²) in [6.07, 6.45) is -3.39. The van der Waals surface area contributed by atoms with Crippen LogP contribution in [0.25, 0.3) is 0 Å². The molecule has 0 saturated carbocycles. The Morgan fingerprint density at radius 2 is 1.81 bits per heavy atom. The highest BCUT2D eigenvalue weighted by atomic mass is 19.4. The standard InChI is InChI=1S/C27H27F3N4O2/c1-18-4-2-5-19(14-18)15-24-31-23-8-9-34(17-22(23)25(32-24)33-10-12-36-13-11-33)26(35)20-6-3-7-21(16-20)27(28,29)30/h2-7,14,16H,8-13,15,17H2,1H3. The van der Waals surface area contributed by atoms with Crippen LogP contribution in [0.5, 0.6) is 0 Å². The van der Waals surface area contributed by atoms with Gasteiger partial charge >= 0.3 is 6.18 Å². The number of nitrogens with zero attached hydrogens (tertiary/aromatic N) is 4. The van der Waals surface area contributed by atoms with Gasteiger partial charge in [0.2, 0.25) is 0 Å². The van der Waals surface area contributed by atoms with Crippen molar-refractivity contribution in [1.29, 1.82) is 0 Å². The van der Waals surface area contributed by atoms with Crippen molar-refractivity contribution in [2.75, 3.05) is 37.7 Å². The number of aromatic nitrogens is 2. The van der Waals surface area contributed by atoms with E-state index in [9.17, 15) is 18.0 Å². The molecule has 1 aromatic heterocycles. The average molecular weight is 497 g/mol. The molecule has 3 aromatic rings. The molecule has 1 amide bonds. The molecule has 0 aliphatic carbocycles. The smallest absolute Gasteiger partial charge is 0.378 e. The van der Waals surface area contributed by atoms with Crippen molar-refractivity contribution < 1.29 is 22.7 Å². The largest absolute Gasteiger partial charge is 0.416 e. The van der Waals surface area contributed by atoms with Gasteiger partial charge in [-0.05, 0) is 30.7 Å². The Morgan fingerprint density at radius 3 is 2.56 bits per heavy atom. The van der Waals surface area contributed by atoms with E-state index in [0.717, 1.165) is 40.6 Å². The van der Waals surface area contributed by atoms with Crippen LogP contribution in [0.3, 0.4) is 0 Å². The van der Waals surface area contributed by atoms with Crippen molar-refractivity contribution >= 4 is 11.7 Å². The average Bonchev–Trinajstić information content (AvgIpc) is 2.88. The number of fused-ring (bicyclic) bond motifs is 1. The number of anilines is 1. The molecular formula is C27H27F3N4O2. The van der Waals surface area contributed by atoms with E-state index in [1.807, 2.05) is 19.1 Å². The highest BCUT2D eigenvalue weighted by Crippen LogP contribution is 2.32. The molecule has 36 heavy (non-hydrogen) atoms. The van der Waals surface area contributed by atoms with Crippen molar-refractivity contribution in [3.05, 3.63) is 87.9 Å². The summed E-state index contributed by atoms with van der Waals surface area (Å²) in [6.45, 7) is 5.20. The number of amides is 1. The van der Waals surface area contributed by atoms with Gasteiger partial charge in [-0.2, -0.15) is 13.2 Å². The van der Waals surface area contributed by atoms with Crippen LogP contribution < -0.4 is 4.90 Å². The minimum atomic E-state index is -4.50. The van der Waals surface area contributed by atoms with Gasteiger partial charge in [0.05, 0.1) is 31.0 Å². The second kappa shape index (κ2) is 9.89. The van der Waals surface area contributed by atoms with E-state index < -0.39 is 17.6 Å². The Morgan fingerprint density at radius 1 is 1.03 bits per heavy atom. The summed E-state index contributed by atoms with van der Waals surface area (Å²) >= 11 is 0. The zero-order valence-electron chi connectivity index (χ0n) is 20.0. The summed E-state index contributed by atoms with van der Waals surface area (Å²) in [5, 5.41) is 0. The molecule has 2 aromatic carbocycles. The molecule has 0 N–H and O–H groups in total. The maximum absolute atomic E-state index is 13.2. The van der Waals surface area contributed by atoms with Crippen molar-refractivity contribution in [2.45, 2.75) is 32.5 Å². The lowest BCUT2D eigenvalue weighted by Gasteiger charge is -2.34. The highest BCUT2D eigenvalue weighted by Gasteiger charge is 2.33. The van der Waals surface area contributed by atoms with E-state index in [-0.39, 0.29) is 12.1 Å². The fraction of sp³-hybridized carbons (Fsp3) is 0.370. The quantitative estimate of drug-likeness (QED) is 0.535. The number of rotatable bonds is 4. The third-order valence-electron chi connectivity index (χ3n) is 6.56. The number of halogens is 3. The minimum Gasteiger partial charge on any atom is -0.378 e. The Kier molecular flexibility index (Phi) is 6.66. The van der Waals surface area contributed by atoms with E-state index in [4.69, 9.17) is 14.7 Å². The summed E-state index contributed by atoms with van der Waals surface area (Å²) < 4.78 is 45.1. The molecule has 2 aliphatic heterocycles. The van der Waals surface area contributed by atoms with Crippen LogP contribution in [0.4, 0.5) is 19.0 Å². The summed E-state index contributed by atoms with van der Waals surface area (Å²) in [5.41, 5.74) is 3.24. The van der Waals surface area contributed by atoms with Crippen LogP contribution in [-0.2, 0) is 30.3 Å². The number of ether oxygens (including phenoxy) is 1. The van der Waals surface area contributed by atoms with Crippen LogP contribution in [0.2, 0.25) is 0 Å². The predicted molar refractivity (Wildman–Crippen MR) is 129 cm³/mol. The molecule has 0 bridgehead atoms. The Hall–Kier alpha value is -3.46. The highest BCUT2D eigenvalue weighted by molar-refractivity contribution is 5.94. The van der Waals surface area contributed by atoms with Crippen molar-refractivity contribution in [1.82, 2.24) is 14.9 Å². The van der Waals surface area contributed by atoms with Crippen LogP contribution in [-0.4, -0.2) is 53.6 Å². The van der Waals surface area contributed by atoms with Gasteiger partial charge in [-0.25, -0.2) is 9.97 Å². The first-order chi connectivity index (χ1) is 17.3. The number of benzene rings is 2. The zero-order valence-corrected chi connectivity index (χ0v) is 20.0. The van der Waals surface area contributed by atoms with Gasteiger partial charge in [-0.15, -0.1) is 0 Å². The number of alkyl halides is 3. The fourth-order valence-electron chi connectivity index (χ4n) is 4.75. The molecule has 0 spiro atoms. The number of hydrogen-bond donors (Lipinski definition) is 0. The molecule has 0 unspecified atom stereocenters. The number of morpholine rings is 1. The molecular weight excluding hydrogens is 469 g/mol. The SMILES string of the molecule is Cc1cccc(Cc2nc3c(c(N4CCOCC4)n2)CN(C(=O)c2cccc(C(F)(F)F)c2)CC3)c1. The van der Waals surface area contributed by atoms with Gasteiger partial charge in [-0.1, -0.05) is 35.9 Å². The molecule has 3 heterocycles. The first-order valence-electron chi connectivity index (χ1n) is 12.0. The molecule has 188 valence electrons. The molecule has 6 nitrogen and oxygen atoms in total. The number of carbonyl (C=O) groups is 1. The third kappa shape index (κ3) is 5.21. The van der Waals surface area contributed by atoms with Crippen LogP contribution >= 0.6 is 0 Å². The molecule has 2 aliphatic rings. The van der Waals surface area contributed by atoms with Gasteiger partial charge in [0, 0.05) is 43.6 Å². The normalized spacial score (nSPS) is 16.1. The minimum absolute atomic E-state index is 0.0261. The molecule has 0 radical (unpaired) electrons. The summed E-state index contributed by atoms with van der Waals surface area (Å²) in [6, 6.07) is 12.8. The van der Waals surface area contributed by atoms with Gasteiger partial charge in [-0.3, -0.25) is 4.79 Å². The van der Waals surface area contributed by atoms with Gasteiger partial charge < -0.3 is 14.5 Å². The molecule has 1 fully saturated rings. The lowest BCUT2D eigenvalue weighted by molar-refractivity contribution is -0.137. The van der Waals surface area contributed by atoms with Crippen molar-refractivity contribution in [3.8, 4) is 0 Å². The van der Waals surface area contributed by atoms with E-state index in [0.29, 0.717) is 45.7 Å². The van der Waals surface area contributed by atoms with Gasteiger partial charge in [0.25, 0.3) is 5.91 Å². The van der Waals surface area contributed by atoms with Crippen LogP contribution in [0.15, 0.2) is 48.5 Å². The topological polar surface area (TPSA) is 58.6 Å². The maximum atomic E-state index is 13.2.